The Balaban J connectivity index is 2.03. The Morgan fingerprint density at radius 1 is 1.14 bits per heavy atom. The van der Waals surface area contributed by atoms with E-state index in [-0.39, 0.29) is 0 Å². The highest BCUT2D eigenvalue weighted by Gasteiger charge is 2.07. The van der Waals surface area contributed by atoms with E-state index >= 15 is 0 Å². The van der Waals surface area contributed by atoms with Gasteiger partial charge < -0.3 is 9.88 Å². The van der Waals surface area contributed by atoms with Crippen LogP contribution in [0.3, 0.4) is 0 Å². The molecule has 0 atom stereocenters. The van der Waals surface area contributed by atoms with Crippen molar-refractivity contribution in [1.82, 2.24) is 9.88 Å². The van der Waals surface area contributed by atoms with Crippen LogP contribution in [0, 0.1) is 0 Å². The third kappa shape index (κ3) is 4.79. The van der Waals surface area contributed by atoms with Crippen molar-refractivity contribution in [3.05, 3.63) is 36.0 Å². The fraction of sp³-hybridized carbons (Fsp3) is 0.556. The maximum Gasteiger partial charge on any atom is 0.0483 e. The number of rotatable bonds is 10. The molecule has 2 rings (SSSR count). The zero-order valence-corrected chi connectivity index (χ0v) is 14.2. The lowest BCUT2D eigenvalue weighted by Gasteiger charge is -2.04. The van der Waals surface area contributed by atoms with Gasteiger partial charge in [-0.3, -0.25) is 0 Å². The molecule has 2 aromatic rings. The van der Waals surface area contributed by atoms with E-state index in [2.05, 4.69) is 47.3 Å². The highest BCUT2D eigenvalue weighted by molar-refractivity contribution is 7.99. The van der Waals surface area contributed by atoms with E-state index in [4.69, 9.17) is 0 Å². The molecular weight excluding hydrogens is 276 g/mol. The number of unbranched alkanes of at least 4 members (excludes halogenated alkanes) is 1. The molecule has 116 valence electrons. The Bertz CT molecular complexity index is 487. The summed E-state index contributed by atoms with van der Waals surface area (Å²) in [5.41, 5.74) is 2.92. The first-order valence-corrected chi connectivity index (χ1v) is 9.31. The van der Waals surface area contributed by atoms with Crippen LogP contribution in [-0.2, 0) is 13.0 Å². The molecule has 1 aromatic carbocycles. The summed E-state index contributed by atoms with van der Waals surface area (Å²) in [6.07, 6.45) is 7.36. The SMILES string of the molecule is CCSCCCn1cc(CCCCNC)c2ccccc21. The van der Waals surface area contributed by atoms with Crippen LogP contribution in [0.1, 0.15) is 31.7 Å². The number of benzene rings is 1. The minimum atomic E-state index is 1.12. The van der Waals surface area contributed by atoms with Crippen molar-refractivity contribution in [2.45, 2.75) is 39.2 Å². The van der Waals surface area contributed by atoms with E-state index in [0.717, 1.165) is 13.1 Å². The predicted octanol–water partition coefficient (Wildman–Crippen LogP) is 4.33. The quantitative estimate of drug-likeness (QED) is 0.658. The summed E-state index contributed by atoms with van der Waals surface area (Å²) in [6.45, 7) is 4.50. The first-order valence-electron chi connectivity index (χ1n) is 8.16. The third-order valence-corrected chi connectivity index (χ3v) is 4.87. The van der Waals surface area contributed by atoms with E-state index in [1.54, 1.807) is 0 Å². The van der Waals surface area contributed by atoms with Crippen molar-refractivity contribution in [2.75, 3.05) is 25.1 Å². The van der Waals surface area contributed by atoms with Gasteiger partial charge in [-0.25, -0.2) is 0 Å². The first-order chi connectivity index (χ1) is 10.4. The molecule has 0 radical (unpaired) electrons. The van der Waals surface area contributed by atoms with E-state index in [1.165, 1.54) is 53.7 Å². The molecule has 1 N–H and O–H groups in total. The predicted molar refractivity (Wildman–Crippen MR) is 96.4 cm³/mol. The van der Waals surface area contributed by atoms with Crippen molar-refractivity contribution >= 4 is 22.7 Å². The van der Waals surface area contributed by atoms with Crippen molar-refractivity contribution in [3.8, 4) is 0 Å². The van der Waals surface area contributed by atoms with E-state index in [0.29, 0.717) is 0 Å². The van der Waals surface area contributed by atoms with Crippen LogP contribution < -0.4 is 5.32 Å². The Morgan fingerprint density at radius 2 is 2.00 bits per heavy atom. The van der Waals surface area contributed by atoms with Gasteiger partial charge >= 0.3 is 0 Å². The number of para-hydroxylation sites is 1. The van der Waals surface area contributed by atoms with Gasteiger partial charge in [-0.2, -0.15) is 11.8 Å². The van der Waals surface area contributed by atoms with Crippen LogP contribution in [-0.4, -0.2) is 29.7 Å². The number of nitrogens with one attached hydrogen (secondary N) is 1. The summed E-state index contributed by atoms with van der Waals surface area (Å²) < 4.78 is 2.46. The summed E-state index contributed by atoms with van der Waals surface area (Å²) in [5, 5.41) is 4.68. The van der Waals surface area contributed by atoms with E-state index in [1.807, 2.05) is 18.8 Å². The molecule has 0 aliphatic carbocycles. The molecular formula is C18H28N2S. The standard InChI is InChI=1S/C18H28N2S/c1-3-21-14-8-13-20-15-16(9-6-7-12-19-2)17-10-4-5-11-18(17)20/h4-5,10-11,15,19H,3,6-9,12-14H2,1-2H3. The van der Waals surface area contributed by atoms with Crippen LogP contribution in [0.15, 0.2) is 30.5 Å². The van der Waals surface area contributed by atoms with Gasteiger partial charge in [-0.05, 0) is 62.4 Å². The molecule has 0 aliphatic rings. The Hall–Kier alpha value is -0.930. The summed E-state index contributed by atoms with van der Waals surface area (Å²) in [7, 11) is 2.03. The van der Waals surface area contributed by atoms with Gasteiger partial charge in [-0.1, -0.05) is 25.1 Å². The second kappa shape index (κ2) is 9.16. The number of fused-ring (bicyclic) bond motifs is 1. The zero-order valence-electron chi connectivity index (χ0n) is 13.4. The monoisotopic (exact) mass is 304 g/mol. The maximum absolute atomic E-state index is 3.23. The second-order valence-corrected chi connectivity index (χ2v) is 6.87. The largest absolute Gasteiger partial charge is 0.347 e. The van der Waals surface area contributed by atoms with Crippen LogP contribution >= 0.6 is 11.8 Å². The van der Waals surface area contributed by atoms with Gasteiger partial charge in [0.1, 0.15) is 0 Å². The van der Waals surface area contributed by atoms with Gasteiger partial charge in [-0.15, -0.1) is 0 Å². The number of hydrogen-bond acceptors (Lipinski definition) is 2. The van der Waals surface area contributed by atoms with Crippen LogP contribution in [0.4, 0.5) is 0 Å². The number of aromatic nitrogens is 1. The lowest BCUT2D eigenvalue weighted by atomic mass is 10.1. The Labute approximate surface area is 133 Å². The lowest BCUT2D eigenvalue weighted by Crippen LogP contribution is -2.07. The van der Waals surface area contributed by atoms with Crippen molar-refractivity contribution in [1.29, 1.82) is 0 Å². The summed E-state index contributed by atoms with van der Waals surface area (Å²) in [5.74, 6) is 2.49. The van der Waals surface area contributed by atoms with Crippen molar-refractivity contribution < 1.29 is 0 Å². The molecule has 2 nitrogen and oxygen atoms in total. The summed E-state index contributed by atoms with van der Waals surface area (Å²) >= 11 is 2.04. The highest BCUT2D eigenvalue weighted by Crippen LogP contribution is 2.23. The van der Waals surface area contributed by atoms with Gasteiger partial charge in [0.2, 0.25) is 0 Å². The molecule has 0 spiro atoms. The van der Waals surface area contributed by atoms with E-state index in [9.17, 15) is 0 Å². The maximum atomic E-state index is 3.23. The molecule has 0 bridgehead atoms. The third-order valence-electron chi connectivity index (χ3n) is 3.89. The van der Waals surface area contributed by atoms with Gasteiger partial charge in [0.15, 0.2) is 0 Å². The summed E-state index contributed by atoms with van der Waals surface area (Å²) in [6, 6.07) is 8.86. The molecule has 0 saturated carbocycles. The fourth-order valence-electron chi connectivity index (χ4n) is 2.81. The molecule has 0 unspecified atom stereocenters. The number of nitrogens with zero attached hydrogens (tertiary/aromatic N) is 1. The van der Waals surface area contributed by atoms with Gasteiger partial charge in [0.25, 0.3) is 0 Å². The smallest absolute Gasteiger partial charge is 0.0483 e. The van der Waals surface area contributed by atoms with Crippen molar-refractivity contribution in [3.63, 3.8) is 0 Å². The molecule has 0 fully saturated rings. The minimum Gasteiger partial charge on any atom is -0.347 e. The average Bonchev–Trinajstić information content (AvgIpc) is 2.87. The molecule has 21 heavy (non-hydrogen) atoms. The van der Waals surface area contributed by atoms with Crippen LogP contribution in [0.25, 0.3) is 10.9 Å². The van der Waals surface area contributed by atoms with Gasteiger partial charge in [0.05, 0.1) is 0 Å². The number of thioether (sulfide) groups is 1. The molecule has 3 heteroatoms. The molecule has 0 amide bonds. The fourth-order valence-corrected chi connectivity index (χ4v) is 3.43. The molecule has 1 aromatic heterocycles. The molecule has 0 aliphatic heterocycles. The topological polar surface area (TPSA) is 17.0 Å². The number of hydrogen-bond donors (Lipinski definition) is 1. The summed E-state index contributed by atoms with van der Waals surface area (Å²) in [4.78, 5) is 0. The normalized spacial score (nSPS) is 11.3. The lowest BCUT2D eigenvalue weighted by molar-refractivity contribution is 0.672. The van der Waals surface area contributed by atoms with Crippen LogP contribution in [0.2, 0.25) is 0 Å². The second-order valence-electron chi connectivity index (χ2n) is 5.48. The number of aryl methyl sites for hydroxylation is 2. The first kappa shape index (κ1) is 16.4. The highest BCUT2D eigenvalue weighted by atomic mass is 32.2. The van der Waals surface area contributed by atoms with E-state index < -0.39 is 0 Å². The van der Waals surface area contributed by atoms with Gasteiger partial charge in [0, 0.05) is 23.6 Å². The Morgan fingerprint density at radius 3 is 2.81 bits per heavy atom. The Kier molecular flexibility index (Phi) is 7.17. The average molecular weight is 305 g/mol. The molecule has 0 saturated heterocycles. The van der Waals surface area contributed by atoms with Crippen LogP contribution in [0.5, 0.6) is 0 Å². The van der Waals surface area contributed by atoms with Crippen molar-refractivity contribution in [2.24, 2.45) is 0 Å². The molecule has 1 heterocycles. The zero-order chi connectivity index (χ0) is 14.9. The minimum absolute atomic E-state index is 1.12.